The smallest absolute Gasteiger partial charge is 0.267 e. The van der Waals surface area contributed by atoms with Crippen LogP contribution in [0.1, 0.15) is 51.5 Å². The number of aromatic nitrogens is 2. The number of para-hydroxylation sites is 1. The zero-order valence-electron chi connectivity index (χ0n) is 20.2. The van der Waals surface area contributed by atoms with Gasteiger partial charge in [0, 0.05) is 18.0 Å². The number of thioether (sulfide) groups is 1. The molecule has 0 aliphatic heterocycles. The summed E-state index contributed by atoms with van der Waals surface area (Å²) in [6.07, 6.45) is 3.03. The normalized spacial score (nSPS) is 16.1. The van der Waals surface area contributed by atoms with E-state index in [4.69, 9.17) is 4.98 Å². The Labute approximate surface area is 204 Å². The summed E-state index contributed by atoms with van der Waals surface area (Å²) in [6.45, 7) is 12.2. The summed E-state index contributed by atoms with van der Waals surface area (Å²) in [6, 6.07) is 9.66. The number of thiophene rings is 1. The predicted octanol–water partition coefficient (Wildman–Crippen LogP) is 5.56. The summed E-state index contributed by atoms with van der Waals surface area (Å²) in [7, 11) is 0. The van der Waals surface area contributed by atoms with E-state index in [1.165, 1.54) is 22.2 Å². The maximum atomic E-state index is 13.9. The second-order valence-electron chi connectivity index (χ2n) is 9.71. The average Bonchev–Trinajstić information content (AvgIpc) is 3.16. The fraction of sp³-hybridized carbons (Fsp3) is 0.500. The molecule has 3 aromatic rings. The summed E-state index contributed by atoms with van der Waals surface area (Å²) in [5.74, 6) is 0.941. The van der Waals surface area contributed by atoms with Crippen LogP contribution in [-0.4, -0.2) is 39.2 Å². The highest BCUT2D eigenvalue weighted by molar-refractivity contribution is 7.99. The lowest BCUT2D eigenvalue weighted by molar-refractivity contribution is -0.127. The maximum Gasteiger partial charge on any atom is 0.267 e. The van der Waals surface area contributed by atoms with Gasteiger partial charge >= 0.3 is 0 Å². The molecule has 0 saturated heterocycles. The number of rotatable bonds is 6. The second kappa shape index (κ2) is 9.63. The van der Waals surface area contributed by atoms with Crippen LogP contribution in [0.3, 0.4) is 0 Å². The minimum Gasteiger partial charge on any atom is -0.343 e. The van der Waals surface area contributed by atoms with Gasteiger partial charge in [0.15, 0.2) is 5.16 Å². The lowest BCUT2D eigenvalue weighted by Crippen LogP contribution is -2.32. The lowest BCUT2D eigenvalue weighted by Gasteiger charge is -2.33. The monoisotopic (exact) mass is 483 g/mol. The van der Waals surface area contributed by atoms with E-state index in [1.807, 2.05) is 49.1 Å². The average molecular weight is 484 g/mol. The van der Waals surface area contributed by atoms with E-state index < -0.39 is 0 Å². The molecule has 5 nitrogen and oxygen atoms in total. The van der Waals surface area contributed by atoms with Gasteiger partial charge in [-0.05, 0) is 62.1 Å². The molecule has 1 unspecified atom stereocenters. The van der Waals surface area contributed by atoms with Crippen molar-refractivity contribution >= 4 is 39.2 Å². The molecule has 2 heterocycles. The van der Waals surface area contributed by atoms with Crippen molar-refractivity contribution in [3.63, 3.8) is 0 Å². The van der Waals surface area contributed by atoms with Crippen molar-refractivity contribution < 1.29 is 4.79 Å². The molecule has 0 radical (unpaired) electrons. The molecule has 33 heavy (non-hydrogen) atoms. The molecule has 1 aliphatic carbocycles. The number of aryl methyl sites for hydroxylation is 1. The van der Waals surface area contributed by atoms with Crippen LogP contribution in [-0.2, 0) is 17.6 Å². The first kappa shape index (κ1) is 24.0. The number of fused-ring (bicyclic) bond motifs is 3. The van der Waals surface area contributed by atoms with Crippen molar-refractivity contribution in [2.24, 2.45) is 11.3 Å². The maximum absolute atomic E-state index is 13.9. The van der Waals surface area contributed by atoms with Crippen LogP contribution >= 0.6 is 23.1 Å². The SMILES string of the molecule is CCN(CC)C(=O)CSc1nc2sc3c(c2c(=O)n1-c1ccccc1)CCC(C(C)(C)C)C3. The van der Waals surface area contributed by atoms with Crippen LogP contribution in [0.25, 0.3) is 15.9 Å². The van der Waals surface area contributed by atoms with Crippen LogP contribution < -0.4 is 5.56 Å². The zero-order chi connectivity index (χ0) is 23.8. The van der Waals surface area contributed by atoms with Gasteiger partial charge in [0.1, 0.15) is 4.83 Å². The quantitative estimate of drug-likeness (QED) is 0.340. The van der Waals surface area contributed by atoms with Crippen LogP contribution in [0.5, 0.6) is 0 Å². The number of hydrogen-bond donors (Lipinski definition) is 0. The first-order valence-corrected chi connectivity index (χ1v) is 13.6. The summed E-state index contributed by atoms with van der Waals surface area (Å²) >= 11 is 3.02. The Morgan fingerprint density at radius 2 is 1.91 bits per heavy atom. The van der Waals surface area contributed by atoms with Crippen molar-refractivity contribution in [3.05, 3.63) is 51.1 Å². The molecule has 0 N–H and O–H groups in total. The van der Waals surface area contributed by atoms with E-state index in [9.17, 15) is 9.59 Å². The van der Waals surface area contributed by atoms with Crippen molar-refractivity contribution in [1.29, 1.82) is 0 Å². The molecule has 0 fully saturated rings. The molecular weight excluding hydrogens is 450 g/mol. The van der Waals surface area contributed by atoms with Crippen LogP contribution in [0.15, 0.2) is 40.3 Å². The number of amides is 1. The first-order valence-electron chi connectivity index (χ1n) is 11.8. The Balaban J connectivity index is 1.80. The van der Waals surface area contributed by atoms with Gasteiger partial charge in [0.05, 0.1) is 16.8 Å². The van der Waals surface area contributed by atoms with Crippen molar-refractivity contribution in [3.8, 4) is 5.69 Å². The van der Waals surface area contributed by atoms with Gasteiger partial charge < -0.3 is 4.90 Å². The minimum absolute atomic E-state index is 0.0179. The van der Waals surface area contributed by atoms with Gasteiger partial charge in [-0.1, -0.05) is 50.7 Å². The molecule has 2 aromatic heterocycles. The molecule has 1 aliphatic rings. The molecule has 1 atom stereocenters. The number of carbonyl (C=O) groups is 1. The Morgan fingerprint density at radius 1 is 1.21 bits per heavy atom. The third kappa shape index (κ3) is 4.76. The highest BCUT2D eigenvalue weighted by Gasteiger charge is 2.32. The fourth-order valence-corrected chi connectivity index (χ4v) is 6.90. The van der Waals surface area contributed by atoms with Gasteiger partial charge in [0.2, 0.25) is 5.91 Å². The molecule has 1 amide bonds. The Kier molecular flexibility index (Phi) is 7.01. The summed E-state index contributed by atoms with van der Waals surface area (Å²) in [5, 5.41) is 1.36. The molecule has 4 rings (SSSR count). The van der Waals surface area contributed by atoms with Crippen LogP contribution in [0.2, 0.25) is 0 Å². The van der Waals surface area contributed by atoms with Gasteiger partial charge in [0.25, 0.3) is 5.56 Å². The summed E-state index contributed by atoms with van der Waals surface area (Å²) in [5.41, 5.74) is 2.21. The summed E-state index contributed by atoms with van der Waals surface area (Å²) < 4.78 is 1.70. The minimum atomic E-state index is -0.0179. The fourth-order valence-electron chi connectivity index (χ4n) is 4.64. The third-order valence-corrected chi connectivity index (χ3v) is 8.80. The molecule has 0 bridgehead atoms. The molecular formula is C26H33N3O2S2. The van der Waals surface area contributed by atoms with Gasteiger partial charge in [-0.25, -0.2) is 4.98 Å². The van der Waals surface area contributed by atoms with E-state index in [-0.39, 0.29) is 22.6 Å². The Hall–Kier alpha value is -2.12. The third-order valence-electron chi connectivity index (χ3n) is 6.73. The highest BCUT2D eigenvalue weighted by Crippen LogP contribution is 2.42. The number of hydrogen-bond acceptors (Lipinski definition) is 5. The van der Waals surface area contributed by atoms with E-state index in [1.54, 1.807) is 15.9 Å². The van der Waals surface area contributed by atoms with Crippen molar-refractivity contribution in [2.45, 2.75) is 59.0 Å². The molecule has 0 saturated carbocycles. The second-order valence-corrected chi connectivity index (χ2v) is 11.7. The van der Waals surface area contributed by atoms with E-state index in [2.05, 4.69) is 20.8 Å². The molecule has 7 heteroatoms. The molecule has 0 spiro atoms. The van der Waals surface area contributed by atoms with Crippen LogP contribution in [0.4, 0.5) is 0 Å². The number of benzene rings is 1. The standard InChI is InChI=1S/C26H33N3O2S2/c1-6-28(7-2)21(30)16-32-25-27-23-22(24(31)29(25)18-11-9-8-10-12-18)19-14-13-17(26(3,4)5)15-20(19)33-23/h8-12,17H,6-7,13-16H2,1-5H3. The van der Waals surface area contributed by atoms with E-state index in [0.717, 1.165) is 35.2 Å². The Bertz CT molecular complexity index is 1200. The lowest BCUT2D eigenvalue weighted by atomic mass is 9.72. The van der Waals surface area contributed by atoms with Gasteiger partial charge in [-0.15, -0.1) is 11.3 Å². The highest BCUT2D eigenvalue weighted by atomic mass is 32.2. The first-order chi connectivity index (χ1) is 15.7. The van der Waals surface area contributed by atoms with Crippen LogP contribution in [0, 0.1) is 11.3 Å². The zero-order valence-corrected chi connectivity index (χ0v) is 21.8. The largest absolute Gasteiger partial charge is 0.343 e. The molecule has 1 aromatic carbocycles. The topological polar surface area (TPSA) is 55.2 Å². The van der Waals surface area contributed by atoms with Gasteiger partial charge in [-0.2, -0.15) is 0 Å². The summed E-state index contributed by atoms with van der Waals surface area (Å²) in [4.78, 5) is 35.4. The van der Waals surface area contributed by atoms with E-state index in [0.29, 0.717) is 24.2 Å². The van der Waals surface area contributed by atoms with Crippen molar-refractivity contribution in [1.82, 2.24) is 14.5 Å². The number of carbonyl (C=O) groups excluding carboxylic acids is 1. The van der Waals surface area contributed by atoms with E-state index >= 15 is 0 Å². The number of nitrogens with zero attached hydrogens (tertiary/aromatic N) is 3. The van der Waals surface area contributed by atoms with Gasteiger partial charge in [-0.3, -0.25) is 14.2 Å². The predicted molar refractivity (Wildman–Crippen MR) is 139 cm³/mol. The Morgan fingerprint density at radius 3 is 2.55 bits per heavy atom. The molecule has 176 valence electrons. The van der Waals surface area contributed by atoms with Crippen molar-refractivity contribution in [2.75, 3.05) is 18.8 Å².